The summed E-state index contributed by atoms with van der Waals surface area (Å²) >= 11 is 2.83. The molecule has 10 heteroatoms. The molecule has 0 radical (unpaired) electrons. The van der Waals surface area contributed by atoms with E-state index in [2.05, 4.69) is 20.6 Å². The fraction of sp³-hybridized carbons (Fsp3) is 0.385. The smallest absolute Gasteiger partial charge is 0.247 e. The van der Waals surface area contributed by atoms with E-state index in [0.717, 1.165) is 34.2 Å². The molecule has 0 fully saturated rings. The summed E-state index contributed by atoms with van der Waals surface area (Å²) < 4.78 is 22.7. The molecule has 0 bridgehead atoms. The molecule has 0 spiro atoms. The monoisotopic (exact) mass is 373 g/mol. The zero-order valence-electron chi connectivity index (χ0n) is 12.9. The number of aryl methyl sites for hydroxylation is 1. The Hall–Kier alpha value is -1.49. The fourth-order valence-electron chi connectivity index (χ4n) is 1.80. The summed E-state index contributed by atoms with van der Waals surface area (Å²) in [5.41, 5.74) is 0. The second-order valence-corrected chi connectivity index (χ2v) is 9.01. The van der Waals surface area contributed by atoms with Crippen LogP contribution in [-0.4, -0.2) is 33.0 Å². The Morgan fingerprint density at radius 3 is 2.70 bits per heavy atom. The van der Waals surface area contributed by atoms with E-state index in [1.165, 1.54) is 10.9 Å². The van der Waals surface area contributed by atoms with Crippen LogP contribution < -0.4 is 15.8 Å². The van der Waals surface area contributed by atoms with Crippen LogP contribution in [-0.2, 0) is 23.0 Å². The summed E-state index contributed by atoms with van der Waals surface area (Å²) in [6.45, 7) is 3.24. The van der Waals surface area contributed by atoms with Crippen LogP contribution in [0.1, 0.15) is 14.8 Å². The summed E-state index contributed by atoms with van der Waals surface area (Å²) in [7, 11) is -1.94. The summed E-state index contributed by atoms with van der Waals surface area (Å²) in [6, 6.07) is 3.25. The van der Waals surface area contributed by atoms with Crippen molar-refractivity contribution in [3.05, 3.63) is 33.1 Å². The molecule has 0 aliphatic rings. The predicted molar refractivity (Wildman–Crippen MR) is 94.4 cm³/mol. The quantitative estimate of drug-likeness (QED) is 0.518. The van der Waals surface area contributed by atoms with Gasteiger partial charge in [-0.3, -0.25) is 4.99 Å². The van der Waals surface area contributed by atoms with Crippen molar-refractivity contribution in [2.75, 3.05) is 13.6 Å². The number of hydrogen-bond acceptors (Lipinski definition) is 6. The second-order valence-electron chi connectivity index (χ2n) is 4.73. The molecule has 2 heterocycles. The van der Waals surface area contributed by atoms with Crippen molar-refractivity contribution < 1.29 is 8.42 Å². The molecule has 2 aromatic heterocycles. The average Bonchev–Trinajstić information content (AvgIpc) is 3.11. The van der Waals surface area contributed by atoms with E-state index < -0.39 is 10.0 Å². The van der Waals surface area contributed by atoms with Gasteiger partial charge in [0.25, 0.3) is 0 Å². The van der Waals surface area contributed by atoms with Gasteiger partial charge in [0.15, 0.2) is 5.96 Å². The van der Waals surface area contributed by atoms with Gasteiger partial charge in [-0.15, -0.1) is 22.7 Å². The van der Waals surface area contributed by atoms with Crippen LogP contribution in [0.25, 0.3) is 0 Å². The van der Waals surface area contributed by atoms with Crippen molar-refractivity contribution in [1.29, 1.82) is 0 Å². The highest BCUT2D eigenvalue weighted by molar-refractivity contribution is 7.91. The van der Waals surface area contributed by atoms with Crippen molar-refractivity contribution in [1.82, 2.24) is 15.6 Å². The third-order valence-electron chi connectivity index (χ3n) is 2.87. The number of sulfonamides is 1. The SMILES string of the molecule is CN=C(NCCc1ncc(C)s1)NCc1ccc(S(N)(=O)=O)s1. The lowest BCUT2D eigenvalue weighted by molar-refractivity contribution is 0.600. The van der Waals surface area contributed by atoms with E-state index in [1.807, 2.05) is 13.1 Å². The molecule has 0 saturated carbocycles. The van der Waals surface area contributed by atoms with Gasteiger partial charge in [-0.05, 0) is 19.1 Å². The number of nitrogens with one attached hydrogen (secondary N) is 2. The molecule has 0 saturated heterocycles. The Labute approximate surface area is 143 Å². The standard InChI is InChI=1S/C13H19N5O2S3/c1-9-7-17-11(21-9)5-6-16-13(15-2)18-8-10-3-4-12(22-10)23(14,19)20/h3-4,7H,5-6,8H2,1-2H3,(H2,14,19,20)(H2,15,16,18). The molecule has 7 nitrogen and oxygen atoms in total. The van der Waals surface area contributed by atoms with Crippen LogP contribution in [0.3, 0.4) is 0 Å². The Balaban J connectivity index is 1.80. The van der Waals surface area contributed by atoms with Crippen molar-refractivity contribution >= 4 is 38.7 Å². The van der Waals surface area contributed by atoms with Gasteiger partial charge in [0.05, 0.1) is 11.6 Å². The van der Waals surface area contributed by atoms with E-state index in [9.17, 15) is 8.42 Å². The number of aliphatic imine (C=N–C) groups is 1. The van der Waals surface area contributed by atoms with Crippen molar-refractivity contribution in [3.63, 3.8) is 0 Å². The number of primary sulfonamides is 1. The highest BCUT2D eigenvalue weighted by Gasteiger charge is 2.11. The third-order valence-corrected chi connectivity index (χ3v) is 6.37. The zero-order valence-corrected chi connectivity index (χ0v) is 15.3. The van der Waals surface area contributed by atoms with Crippen molar-refractivity contribution in [2.24, 2.45) is 10.1 Å². The summed E-state index contributed by atoms with van der Waals surface area (Å²) in [5, 5.41) is 12.5. The van der Waals surface area contributed by atoms with Gasteiger partial charge >= 0.3 is 0 Å². The molecule has 2 aromatic rings. The maximum Gasteiger partial charge on any atom is 0.247 e. The highest BCUT2D eigenvalue weighted by atomic mass is 32.2. The second kappa shape index (κ2) is 7.86. The Bertz CT molecular complexity index is 779. The minimum Gasteiger partial charge on any atom is -0.356 e. The average molecular weight is 374 g/mol. The molecule has 2 rings (SSSR count). The summed E-state index contributed by atoms with van der Waals surface area (Å²) in [6.07, 6.45) is 2.70. The predicted octanol–water partition coefficient (Wildman–Crippen LogP) is 1.07. The summed E-state index contributed by atoms with van der Waals surface area (Å²) in [4.78, 5) is 10.5. The van der Waals surface area contributed by atoms with E-state index in [-0.39, 0.29) is 4.21 Å². The maximum absolute atomic E-state index is 11.2. The molecule has 0 aliphatic heterocycles. The lowest BCUT2D eigenvalue weighted by Crippen LogP contribution is -2.37. The van der Waals surface area contributed by atoms with E-state index in [1.54, 1.807) is 24.5 Å². The number of guanidine groups is 1. The lowest BCUT2D eigenvalue weighted by atomic mass is 10.4. The molecule has 4 N–H and O–H groups in total. The van der Waals surface area contributed by atoms with Gasteiger partial charge in [-0.2, -0.15) is 0 Å². The van der Waals surface area contributed by atoms with E-state index in [0.29, 0.717) is 12.5 Å². The molecule has 0 aliphatic carbocycles. The molecule has 0 aromatic carbocycles. The fourth-order valence-corrected chi connectivity index (χ4v) is 4.31. The van der Waals surface area contributed by atoms with Crippen LogP contribution in [0.15, 0.2) is 27.5 Å². The van der Waals surface area contributed by atoms with Crippen LogP contribution in [0.4, 0.5) is 0 Å². The zero-order chi connectivity index (χ0) is 16.9. The van der Waals surface area contributed by atoms with Crippen LogP contribution in [0.5, 0.6) is 0 Å². The molecule has 23 heavy (non-hydrogen) atoms. The van der Waals surface area contributed by atoms with Gasteiger partial charge in [-0.1, -0.05) is 0 Å². The third kappa shape index (κ3) is 5.57. The maximum atomic E-state index is 11.2. The largest absolute Gasteiger partial charge is 0.356 e. The minimum atomic E-state index is -3.63. The topological polar surface area (TPSA) is 109 Å². The first-order chi connectivity index (χ1) is 10.9. The first-order valence-corrected chi connectivity index (χ1v) is 10.0. The first kappa shape index (κ1) is 17.9. The Morgan fingerprint density at radius 1 is 1.35 bits per heavy atom. The molecule has 0 atom stereocenters. The van der Waals surface area contributed by atoms with E-state index >= 15 is 0 Å². The number of nitrogens with two attached hydrogens (primary N) is 1. The molecular formula is C13H19N5O2S3. The van der Waals surface area contributed by atoms with Crippen LogP contribution in [0, 0.1) is 6.92 Å². The van der Waals surface area contributed by atoms with Gasteiger partial charge in [0.2, 0.25) is 10.0 Å². The van der Waals surface area contributed by atoms with Gasteiger partial charge in [0, 0.05) is 36.0 Å². The van der Waals surface area contributed by atoms with Crippen LogP contribution in [0.2, 0.25) is 0 Å². The van der Waals surface area contributed by atoms with Crippen LogP contribution >= 0.6 is 22.7 Å². The number of thiazole rings is 1. The number of nitrogens with zero attached hydrogens (tertiary/aromatic N) is 2. The Kier molecular flexibility index (Phi) is 6.10. The normalized spacial score (nSPS) is 12.4. The number of aromatic nitrogens is 1. The van der Waals surface area contributed by atoms with Crippen molar-refractivity contribution in [3.8, 4) is 0 Å². The van der Waals surface area contributed by atoms with Gasteiger partial charge < -0.3 is 10.6 Å². The molecule has 0 amide bonds. The van der Waals surface area contributed by atoms with Gasteiger partial charge in [-0.25, -0.2) is 18.5 Å². The highest BCUT2D eigenvalue weighted by Crippen LogP contribution is 2.19. The number of hydrogen-bond donors (Lipinski definition) is 3. The van der Waals surface area contributed by atoms with Gasteiger partial charge in [0.1, 0.15) is 4.21 Å². The minimum absolute atomic E-state index is 0.163. The van der Waals surface area contributed by atoms with E-state index in [4.69, 9.17) is 5.14 Å². The lowest BCUT2D eigenvalue weighted by Gasteiger charge is -2.10. The summed E-state index contributed by atoms with van der Waals surface area (Å²) in [5.74, 6) is 0.656. The molecular weight excluding hydrogens is 354 g/mol. The molecule has 0 unspecified atom stereocenters. The Morgan fingerprint density at radius 2 is 2.13 bits per heavy atom. The molecule has 126 valence electrons. The number of thiophene rings is 1. The first-order valence-electron chi connectivity index (χ1n) is 6.86. The number of rotatable bonds is 6. The van der Waals surface area contributed by atoms with Crippen molar-refractivity contribution in [2.45, 2.75) is 24.1 Å².